The van der Waals surface area contributed by atoms with E-state index in [2.05, 4.69) is 60.1 Å². The average molecular weight is 394 g/mol. The monoisotopic (exact) mass is 394 g/mol. The van der Waals surface area contributed by atoms with Gasteiger partial charge in [0.2, 0.25) is 0 Å². The number of rotatable bonds is 6. The van der Waals surface area contributed by atoms with Crippen LogP contribution in [0.5, 0.6) is 0 Å². The molecule has 21 heavy (non-hydrogen) atoms. The molecule has 1 aromatic carbocycles. The van der Waals surface area contributed by atoms with Crippen molar-refractivity contribution in [1.82, 2.24) is 4.98 Å². The number of pyridine rings is 1. The van der Waals surface area contributed by atoms with Crippen molar-refractivity contribution in [3.63, 3.8) is 0 Å². The highest BCUT2D eigenvalue weighted by molar-refractivity contribution is 14.0. The van der Waals surface area contributed by atoms with Crippen LogP contribution >= 0.6 is 24.0 Å². The van der Waals surface area contributed by atoms with E-state index in [9.17, 15) is 0 Å². The Balaban J connectivity index is 0.00000220. The van der Waals surface area contributed by atoms with Crippen molar-refractivity contribution in [1.29, 1.82) is 0 Å². The van der Waals surface area contributed by atoms with E-state index in [1.54, 1.807) is 0 Å². The van der Waals surface area contributed by atoms with E-state index in [0.717, 1.165) is 19.5 Å². The van der Waals surface area contributed by atoms with Crippen LogP contribution in [-0.4, -0.2) is 18.1 Å². The highest BCUT2D eigenvalue weighted by atomic mass is 127. The molecule has 1 aromatic heterocycles. The molecule has 0 radical (unpaired) electrons. The predicted molar refractivity (Wildman–Crippen MR) is 102 cm³/mol. The fraction of sp³-hybridized carbons (Fsp3) is 0.278. The van der Waals surface area contributed by atoms with Crippen molar-refractivity contribution >= 4 is 35.7 Å². The second kappa shape index (κ2) is 9.55. The number of benzene rings is 1. The topological polar surface area (TPSA) is 16.1 Å². The van der Waals surface area contributed by atoms with Crippen molar-refractivity contribution in [2.45, 2.75) is 20.3 Å². The van der Waals surface area contributed by atoms with Gasteiger partial charge in [-0.15, -0.1) is 24.0 Å². The summed E-state index contributed by atoms with van der Waals surface area (Å²) in [4.78, 5) is 6.38. The maximum Gasteiger partial charge on any atom is 0.0366 e. The van der Waals surface area contributed by atoms with Crippen LogP contribution in [0.15, 0.2) is 54.9 Å². The minimum atomic E-state index is 0. The van der Waals surface area contributed by atoms with Crippen molar-refractivity contribution in [3.05, 3.63) is 66.0 Å². The van der Waals surface area contributed by atoms with Gasteiger partial charge in [0.05, 0.1) is 0 Å². The van der Waals surface area contributed by atoms with Crippen LogP contribution in [0, 0.1) is 0 Å². The third kappa shape index (κ3) is 5.50. The molecule has 0 aliphatic rings. The number of aromatic nitrogens is 1. The van der Waals surface area contributed by atoms with E-state index in [4.69, 9.17) is 0 Å². The van der Waals surface area contributed by atoms with Gasteiger partial charge in [-0.25, -0.2) is 0 Å². The summed E-state index contributed by atoms with van der Waals surface area (Å²) in [5.41, 5.74) is 3.83. The van der Waals surface area contributed by atoms with E-state index in [1.165, 1.54) is 16.8 Å². The highest BCUT2D eigenvalue weighted by Gasteiger charge is 1.99. The molecular formula is C18H23IN2. The lowest BCUT2D eigenvalue weighted by molar-refractivity contribution is 0.866. The molecular weight excluding hydrogens is 371 g/mol. The molecule has 0 fully saturated rings. The highest BCUT2D eigenvalue weighted by Crippen LogP contribution is 2.15. The first-order chi connectivity index (χ1) is 9.83. The zero-order valence-corrected chi connectivity index (χ0v) is 15.0. The van der Waals surface area contributed by atoms with Crippen LogP contribution in [0.2, 0.25) is 0 Å². The second-order valence-electron chi connectivity index (χ2n) is 4.73. The summed E-state index contributed by atoms with van der Waals surface area (Å²) in [5, 5.41) is 0. The Kier molecular flexibility index (Phi) is 8.05. The van der Waals surface area contributed by atoms with Crippen LogP contribution in [0.25, 0.3) is 6.08 Å². The van der Waals surface area contributed by atoms with Crippen LogP contribution < -0.4 is 4.90 Å². The first-order valence-corrected chi connectivity index (χ1v) is 7.24. The van der Waals surface area contributed by atoms with Crippen molar-refractivity contribution in [2.24, 2.45) is 0 Å². The van der Waals surface area contributed by atoms with Gasteiger partial charge in [-0.2, -0.15) is 0 Å². The Hall–Kier alpha value is -1.36. The molecule has 0 saturated carbocycles. The standard InChI is InChI=1S/C18H22N2.HI/c1-3-20(4-2)18-10-8-16(9-11-18)6-5-7-17-12-14-19-15-13-17;/h5-6,8-15H,3-4,7H2,1-2H3;1H/b6-5+;. The zero-order valence-electron chi connectivity index (χ0n) is 12.7. The molecule has 0 N–H and O–H groups in total. The van der Waals surface area contributed by atoms with Crippen molar-refractivity contribution in [3.8, 4) is 0 Å². The number of allylic oxidation sites excluding steroid dienone is 1. The maximum atomic E-state index is 4.03. The number of nitrogens with zero attached hydrogens (tertiary/aromatic N) is 2. The minimum Gasteiger partial charge on any atom is -0.372 e. The Morgan fingerprint density at radius 2 is 1.57 bits per heavy atom. The van der Waals surface area contributed by atoms with Gasteiger partial charge in [0.1, 0.15) is 0 Å². The van der Waals surface area contributed by atoms with Crippen molar-refractivity contribution < 1.29 is 0 Å². The Morgan fingerprint density at radius 3 is 2.14 bits per heavy atom. The number of anilines is 1. The number of halogens is 1. The minimum absolute atomic E-state index is 0. The summed E-state index contributed by atoms with van der Waals surface area (Å²) in [6, 6.07) is 12.8. The summed E-state index contributed by atoms with van der Waals surface area (Å²) in [6.45, 7) is 6.47. The fourth-order valence-electron chi connectivity index (χ4n) is 2.23. The smallest absolute Gasteiger partial charge is 0.0366 e. The van der Waals surface area contributed by atoms with Gasteiger partial charge in [-0.3, -0.25) is 4.98 Å². The molecule has 2 aromatic rings. The molecule has 0 amide bonds. The van der Waals surface area contributed by atoms with E-state index in [0.29, 0.717) is 0 Å². The lowest BCUT2D eigenvalue weighted by Gasteiger charge is -2.20. The summed E-state index contributed by atoms with van der Waals surface area (Å²) < 4.78 is 0. The molecule has 3 heteroatoms. The van der Waals surface area contributed by atoms with E-state index < -0.39 is 0 Å². The zero-order chi connectivity index (χ0) is 14.2. The van der Waals surface area contributed by atoms with Gasteiger partial charge in [0.25, 0.3) is 0 Å². The quantitative estimate of drug-likeness (QED) is 0.655. The lowest BCUT2D eigenvalue weighted by Crippen LogP contribution is -2.21. The molecule has 0 bridgehead atoms. The fourth-order valence-corrected chi connectivity index (χ4v) is 2.23. The third-order valence-corrected chi connectivity index (χ3v) is 3.43. The van der Waals surface area contributed by atoms with Gasteiger partial charge in [0.15, 0.2) is 0 Å². The Morgan fingerprint density at radius 1 is 0.952 bits per heavy atom. The first kappa shape index (κ1) is 17.7. The Bertz CT molecular complexity index is 531. The summed E-state index contributed by atoms with van der Waals surface area (Å²) >= 11 is 0. The molecule has 0 aliphatic carbocycles. The lowest BCUT2D eigenvalue weighted by atomic mass is 10.1. The maximum absolute atomic E-state index is 4.03. The molecule has 0 unspecified atom stereocenters. The van der Waals surface area contributed by atoms with Gasteiger partial charge >= 0.3 is 0 Å². The third-order valence-electron chi connectivity index (χ3n) is 3.43. The normalized spacial score (nSPS) is 10.4. The number of hydrogen-bond acceptors (Lipinski definition) is 2. The van der Waals surface area contributed by atoms with Gasteiger partial charge < -0.3 is 4.90 Å². The summed E-state index contributed by atoms with van der Waals surface area (Å²) in [5.74, 6) is 0. The summed E-state index contributed by atoms with van der Waals surface area (Å²) in [6.07, 6.45) is 8.98. The average Bonchev–Trinajstić information content (AvgIpc) is 2.51. The van der Waals surface area contributed by atoms with Gasteiger partial charge in [-0.05, 0) is 55.7 Å². The van der Waals surface area contributed by atoms with E-state index in [-0.39, 0.29) is 24.0 Å². The van der Waals surface area contributed by atoms with Crippen LogP contribution in [0.3, 0.4) is 0 Å². The van der Waals surface area contributed by atoms with Crippen LogP contribution in [0.4, 0.5) is 5.69 Å². The molecule has 1 heterocycles. The Labute approximate surface area is 144 Å². The SMILES string of the molecule is CCN(CC)c1ccc(/C=C/Cc2ccncc2)cc1.I. The molecule has 2 nitrogen and oxygen atoms in total. The molecule has 0 spiro atoms. The predicted octanol–water partition coefficient (Wildman–Crippen LogP) is 4.80. The molecule has 0 saturated heterocycles. The first-order valence-electron chi connectivity index (χ1n) is 7.24. The van der Waals surface area contributed by atoms with Gasteiger partial charge in [-0.1, -0.05) is 24.3 Å². The van der Waals surface area contributed by atoms with Crippen LogP contribution in [-0.2, 0) is 6.42 Å². The molecule has 2 rings (SSSR count). The second-order valence-corrected chi connectivity index (χ2v) is 4.73. The van der Waals surface area contributed by atoms with Gasteiger partial charge in [0, 0.05) is 31.2 Å². The number of hydrogen-bond donors (Lipinski definition) is 0. The van der Waals surface area contributed by atoms with E-state index in [1.807, 2.05) is 24.5 Å². The molecule has 0 aliphatic heterocycles. The largest absolute Gasteiger partial charge is 0.372 e. The van der Waals surface area contributed by atoms with Crippen LogP contribution in [0.1, 0.15) is 25.0 Å². The molecule has 0 atom stereocenters. The van der Waals surface area contributed by atoms with E-state index >= 15 is 0 Å². The molecule has 112 valence electrons. The van der Waals surface area contributed by atoms with Crippen molar-refractivity contribution in [2.75, 3.05) is 18.0 Å². The summed E-state index contributed by atoms with van der Waals surface area (Å²) in [7, 11) is 0.